The lowest BCUT2D eigenvalue weighted by Gasteiger charge is -2.07. The van der Waals surface area contributed by atoms with Crippen LogP contribution in [-0.2, 0) is 13.0 Å². The first-order valence-electron chi connectivity index (χ1n) is 6.58. The number of benzene rings is 1. The Labute approximate surface area is 116 Å². The Balaban J connectivity index is 2.14. The Bertz CT molecular complexity index is 590. The summed E-state index contributed by atoms with van der Waals surface area (Å²) in [4.78, 5) is 14.3. The number of hydrogen-bond donors (Lipinski definition) is 1. The quantitative estimate of drug-likeness (QED) is 0.649. The van der Waals surface area contributed by atoms with Gasteiger partial charge in [0.15, 0.2) is 0 Å². The van der Waals surface area contributed by atoms with Crippen LogP contribution in [0.4, 0.5) is 5.69 Å². The molecular weight excluding hydrogens is 258 g/mol. The Morgan fingerprint density at radius 1 is 1.35 bits per heavy atom. The molecule has 2 aromatic rings. The van der Waals surface area contributed by atoms with Crippen molar-refractivity contribution >= 4 is 5.69 Å². The van der Waals surface area contributed by atoms with E-state index in [1.165, 1.54) is 12.1 Å². The van der Waals surface area contributed by atoms with Crippen LogP contribution < -0.4 is 0 Å². The highest BCUT2D eigenvalue weighted by atomic mass is 16.6. The number of aromatic nitrogens is 2. The summed E-state index contributed by atoms with van der Waals surface area (Å²) < 4.78 is 1.88. The predicted molar refractivity (Wildman–Crippen MR) is 74.7 cm³/mol. The van der Waals surface area contributed by atoms with Crippen molar-refractivity contribution in [2.75, 3.05) is 0 Å². The maximum absolute atomic E-state index is 10.6. The minimum Gasteiger partial charge on any atom is -0.492 e. The van der Waals surface area contributed by atoms with E-state index < -0.39 is 4.92 Å². The van der Waals surface area contributed by atoms with Crippen LogP contribution in [0.25, 0.3) is 0 Å². The summed E-state index contributed by atoms with van der Waals surface area (Å²) in [6.07, 6.45) is 4.47. The molecule has 20 heavy (non-hydrogen) atoms. The number of aromatic hydroxyl groups is 1. The molecule has 0 fully saturated rings. The second-order valence-corrected chi connectivity index (χ2v) is 4.67. The van der Waals surface area contributed by atoms with Gasteiger partial charge in [0.1, 0.15) is 5.82 Å². The molecule has 1 heterocycles. The summed E-state index contributed by atoms with van der Waals surface area (Å²) in [5, 5.41) is 20.1. The van der Waals surface area contributed by atoms with Crippen molar-refractivity contribution < 1.29 is 10.0 Å². The topological polar surface area (TPSA) is 81.2 Å². The molecule has 106 valence electrons. The molecule has 0 saturated carbocycles. The minimum absolute atomic E-state index is 0.0121. The molecule has 0 aliphatic carbocycles. The fourth-order valence-electron chi connectivity index (χ4n) is 2.03. The van der Waals surface area contributed by atoms with Gasteiger partial charge >= 0.3 is 0 Å². The SMILES string of the molecule is CCCCc1nc(O)cn1Cc1ccc([N+](=O)[O-])cc1. The number of nitro benzene ring substituents is 1. The second-order valence-electron chi connectivity index (χ2n) is 4.67. The first kappa shape index (κ1) is 14.0. The van der Waals surface area contributed by atoms with E-state index in [2.05, 4.69) is 11.9 Å². The molecule has 0 bridgehead atoms. The van der Waals surface area contributed by atoms with Gasteiger partial charge in [0.2, 0.25) is 5.88 Å². The van der Waals surface area contributed by atoms with Gasteiger partial charge in [-0.1, -0.05) is 25.5 Å². The van der Waals surface area contributed by atoms with Gasteiger partial charge in [-0.05, 0) is 12.0 Å². The van der Waals surface area contributed by atoms with Gasteiger partial charge in [-0.15, -0.1) is 0 Å². The highest BCUT2D eigenvalue weighted by Gasteiger charge is 2.09. The largest absolute Gasteiger partial charge is 0.492 e. The van der Waals surface area contributed by atoms with E-state index in [9.17, 15) is 15.2 Å². The lowest BCUT2D eigenvalue weighted by atomic mass is 10.2. The van der Waals surface area contributed by atoms with Gasteiger partial charge in [-0.25, -0.2) is 0 Å². The molecule has 0 amide bonds. The molecule has 0 unspecified atom stereocenters. The molecule has 0 radical (unpaired) electrons. The molecule has 0 atom stereocenters. The summed E-state index contributed by atoms with van der Waals surface area (Å²) in [5.41, 5.74) is 1.01. The van der Waals surface area contributed by atoms with Gasteiger partial charge in [0.25, 0.3) is 5.69 Å². The van der Waals surface area contributed by atoms with Crippen LogP contribution in [-0.4, -0.2) is 19.6 Å². The lowest BCUT2D eigenvalue weighted by Crippen LogP contribution is -2.04. The third-order valence-electron chi connectivity index (χ3n) is 3.10. The zero-order valence-corrected chi connectivity index (χ0v) is 11.3. The van der Waals surface area contributed by atoms with Crippen LogP contribution in [0.2, 0.25) is 0 Å². The second kappa shape index (κ2) is 6.18. The van der Waals surface area contributed by atoms with Crippen LogP contribution in [0.15, 0.2) is 30.5 Å². The number of nitro groups is 1. The molecule has 0 spiro atoms. The van der Waals surface area contributed by atoms with E-state index in [0.29, 0.717) is 6.54 Å². The minimum atomic E-state index is -0.417. The first-order valence-corrected chi connectivity index (χ1v) is 6.58. The fraction of sp³-hybridized carbons (Fsp3) is 0.357. The van der Waals surface area contributed by atoms with Crippen LogP contribution in [0, 0.1) is 10.1 Å². The molecule has 0 aliphatic rings. The fourth-order valence-corrected chi connectivity index (χ4v) is 2.03. The molecule has 6 heteroatoms. The van der Waals surface area contributed by atoms with E-state index in [-0.39, 0.29) is 11.6 Å². The summed E-state index contributed by atoms with van der Waals surface area (Å²) in [6, 6.07) is 6.41. The third-order valence-corrected chi connectivity index (χ3v) is 3.10. The summed E-state index contributed by atoms with van der Waals surface area (Å²) in [5.74, 6) is 0.848. The van der Waals surface area contributed by atoms with E-state index >= 15 is 0 Å². The van der Waals surface area contributed by atoms with Crippen molar-refractivity contribution in [1.29, 1.82) is 0 Å². The van der Waals surface area contributed by atoms with E-state index in [4.69, 9.17) is 0 Å². The molecule has 1 N–H and O–H groups in total. The number of non-ortho nitro benzene ring substituents is 1. The Kier molecular flexibility index (Phi) is 4.34. The van der Waals surface area contributed by atoms with E-state index in [1.54, 1.807) is 18.3 Å². The van der Waals surface area contributed by atoms with Crippen molar-refractivity contribution in [3.8, 4) is 5.88 Å². The molecule has 1 aromatic heterocycles. The average Bonchev–Trinajstić information content (AvgIpc) is 2.77. The van der Waals surface area contributed by atoms with Crippen LogP contribution >= 0.6 is 0 Å². The van der Waals surface area contributed by atoms with Crippen LogP contribution in [0.3, 0.4) is 0 Å². The van der Waals surface area contributed by atoms with Crippen LogP contribution in [0.5, 0.6) is 5.88 Å². The summed E-state index contributed by atoms with van der Waals surface area (Å²) >= 11 is 0. The van der Waals surface area contributed by atoms with Crippen molar-refractivity contribution in [2.24, 2.45) is 0 Å². The van der Waals surface area contributed by atoms with Crippen molar-refractivity contribution in [2.45, 2.75) is 32.7 Å². The zero-order chi connectivity index (χ0) is 14.5. The van der Waals surface area contributed by atoms with Gasteiger partial charge in [0.05, 0.1) is 11.1 Å². The molecule has 0 saturated heterocycles. The van der Waals surface area contributed by atoms with Crippen molar-refractivity contribution in [3.63, 3.8) is 0 Å². The van der Waals surface area contributed by atoms with Gasteiger partial charge in [-0.2, -0.15) is 4.98 Å². The maximum atomic E-state index is 10.6. The number of hydrogen-bond acceptors (Lipinski definition) is 4. The Hall–Kier alpha value is -2.37. The number of rotatable bonds is 6. The van der Waals surface area contributed by atoms with Gasteiger partial charge in [0, 0.05) is 25.1 Å². The highest BCUT2D eigenvalue weighted by Crippen LogP contribution is 2.16. The Morgan fingerprint density at radius 3 is 2.65 bits per heavy atom. The molecular formula is C14H17N3O3. The summed E-state index contributed by atoms with van der Waals surface area (Å²) in [6.45, 7) is 2.65. The van der Waals surface area contributed by atoms with Crippen LogP contribution in [0.1, 0.15) is 31.2 Å². The molecule has 0 aliphatic heterocycles. The zero-order valence-electron chi connectivity index (χ0n) is 11.3. The average molecular weight is 275 g/mol. The van der Waals surface area contributed by atoms with E-state index in [0.717, 1.165) is 30.7 Å². The monoisotopic (exact) mass is 275 g/mol. The first-order chi connectivity index (χ1) is 9.60. The highest BCUT2D eigenvalue weighted by molar-refractivity contribution is 5.33. The van der Waals surface area contributed by atoms with Crippen molar-refractivity contribution in [3.05, 3.63) is 52.0 Å². The third kappa shape index (κ3) is 3.34. The molecule has 2 rings (SSSR count). The molecule has 1 aromatic carbocycles. The maximum Gasteiger partial charge on any atom is 0.269 e. The predicted octanol–water partition coefficient (Wildman–Crippen LogP) is 2.89. The van der Waals surface area contributed by atoms with E-state index in [1.807, 2.05) is 4.57 Å². The normalized spacial score (nSPS) is 10.7. The van der Waals surface area contributed by atoms with Gasteiger partial charge in [-0.3, -0.25) is 10.1 Å². The lowest BCUT2D eigenvalue weighted by molar-refractivity contribution is -0.384. The summed E-state index contributed by atoms with van der Waals surface area (Å²) in [7, 11) is 0. The Morgan fingerprint density at radius 2 is 2.05 bits per heavy atom. The number of nitrogens with zero attached hydrogens (tertiary/aromatic N) is 3. The number of imidazole rings is 1. The standard InChI is InChI=1S/C14H17N3O3/c1-2-3-4-13-15-14(18)10-16(13)9-11-5-7-12(8-6-11)17(19)20/h5-8,10,18H,2-4,9H2,1H3. The van der Waals surface area contributed by atoms with Crippen molar-refractivity contribution in [1.82, 2.24) is 9.55 Å². The van der Waals surface area contributed by atoms with Gasteiger partial charge < -0.3 is 9.67 Å². The number of aryl methyl sites for hydroxylation is 1. The smallest absolute Gasteiger partial charge is 0.269 e. The number of unbranched alkanes of at least 4 members (excludes halogenated alkanes) is 1. The molecule has 6 nitrogen and oxygen atoms in total.